The molecule has 0 spiro atoms. The van der Waals surface area contributed by atoms with E-state index in [1.54, 1.807) is 26.8 Å². The highest BCUT2D eigenvalue weighted by molar-refractivity contribution is 5.64. The lowest BCUT2D eigenvalue weighted by atomic mass is 9.87. The summed E-state index contributed by atoms with van der Waals surface area (Å²) in [6, 6.07) is 4.24. The van der Waals surface area contributed by atoms with Gasteiger partial charge in [0.1, 0.15) is 17.2 Å². The minimum atomic E-state index is -0.835. The van der Waals surface area contributed by atoms with E-state index in [1.165, 1.54) is 12.1 Å². The van der Waals surface area contributed by atoms with Crippen LogP contribution in [0, 0.1) is 5.82 Å². The van der Waals surface area contributed by atoms with E-state index in [1.807, 2.05) is 20.8 Å². The van der Waals surface area contributed by atoms with Crippen molar-refractivity contribution < 1.29 is 18.7 Å². The summed E-state index contributed by atoms with van der Waals surface area (Å²) < 4.78 is 23.5. The van der Waals surface area contributed by atoms with Crippen molar-refractivity contribution in [1.29, 1.82) is 0 Å². The van der Waals surface area contributed by atoms with Crippen molar-refractivity contribution in [1.82, 2.24) is 0 Å². The SMILES string of the molecule is CC(C)(C)OC(=O)Oc1cc(F)cc(C(C)(C)C)c1. The molecule has 0 radical (unpaired) electrons. The van der Waals surface area contributed by atoms with E-state index >= 15 is 0 Å². The van der Waals surface area contributed by atoms with E-state index in [0.29, 0.717) is 0 Å². The lowest BCUT2D eigenvalue weighted by Gasteiger charge is -2.21. The highest BCUT2D eigenvalue weighted by atomic mass is 19.1. The Balaban J connectivity index is 2.91. The first kappa shape index (κ1) is 15.5. The summed E-state index contributed by atoms with van der Waals surface area (Å²) >= 11 is 0. The van der Waals surface area contributed by atoms with Gasteiger partial charge in [-0.15, -0.1) is 0 Å². The predicted octanol–water partition coefficient (Wildman–Crippen LogP) is 4.44. The van der Waals surface area contributed by atoms with Crippen LogP contribution in [0.1, 0.15) is 47.1 Å². The maximum atomic E-state index is 13.5. The molecule has 19 heavy (non-hydrogen) atoms. The van der Waals surface area contributed by atoms with E-state index in [0.717, 1.165) is 5.56 Å². The number of carbonyl (C=O) groups is 1. The molecule has 0 N–H and O–H groups in total. The largest absolute Gasteiger partial charge is 0.514 e. The first-order valence-electron chi connectivity index (χ1n) is 6.19. The summed E-state index contributed by atoms with van der Waals surface area (Å²) in [5.41, 5.74) is -0.114. The third kappa shape index (κ3) is 5.28. The number of carbonyl (C=O) groups excluding carboxylic acids is 1. The van der Waals surface area contributed by atoms with E-state index in [2.05, 4.69) is 0 Å². The molecule has 0 saturated heterocycles. The smallest absolute Gasteiger partial charge is 0.428 e. The van der Waals surface area contributed by atoms with Gasteiger partial charge in [-0.05, 0) is 43.9 Å². The molecule has 1 aromatic carbocycles. The summed E-state index contributed by atoms with van der Waals surface area (Å²) in [7, 11) is 0. The first-order valence-corrected chi connectivity index (χ1v) is 6.19. The van der Waals surface area contributed by atoms with Crippen molar-refractivity contribution >= 4 is 6.16 Å². The van der Waals surface area contributed by atoms with Crippen LogP contribution in [-0.4, -0.2) is 11.8 Å². The van der Waals surface area contributed by atoms with Gasteiger partial charge in [0.05, 0.1) is 0 Å². The van der Waals surface area contributed by atoms with Crippen LogP contribution in [0.2, 0.25) is 0 Å². The zero-order chi connectivity index (χ0) is 14.8. The molecule has 0 saturated carbocycles. The Morgan fingerprint density at radius 3 is 2.11 bits per heavy atom. The lowest BCUT2D eigenvalue weighted by molar-refractivity contribution is 0.0205. The zero-order valence-electron chi connectivity index (χ0n) is 12.3. The molecule has 0 heterocycles. The van der Waals surface area contributed by atoms with Gasteiger partial charge in [0.2, 0.25) is 0 Å². The van der Waals surface area contributed by atoms with Crippen molar-refractivity contribution in [3.05, 3.63) is 29.6 Å². The van der Waals surface area contributed by atoms with E-state index in [4.69, 9.17) is 9.47 Å². The molecule has 0 aliphatic heterocycles. The van der Waals surface area contributed by atoms with E-state index in [-0.39, 0.29) is 11.2 Å². The van der Waals surface area contributed by atoms with Crippen LogP contribution < -0.4 is 4.74 Å². The van der Waals surface area contributed by atoms with Crippen molar-refractivity contribution in [2.24, 2.45) is 0 Å². The number of rotatable bonds is 1. The number of benzene rings is 1. The van der Waals surface area contributed by atoms with Crippen LogP contribution in [0.25, 0.3) is 0 Å². The van der Waals surface area contributed by atoms with Gasteiger partial charge in [0, 0.05) is 6.07 Å². The van der Waals surface area contributed by atoms with Gasteiger partial charge < -0.3 is 9.47 Å². The fourth-order valence-electron chi connectivity index (χ4n) is 1.42. The first-order chi connectivity index (χ1) is 8.47. The monoisotopic (exact) mass is 268 g/mol. The topological polar surface area (TPSA) is 35.5 Å². The van der Waals surface area contributed by atoms with Gasteiger partial charge in [-0.1, -0.05) is 20.8 Å². The molecule has 1 rings (SSSR count). The van der Waals surface area contributed by atoms with Gasteiger partial charge in [-0.25, -0.2) is 9.18 Å². The molecular weight excluding hydrogens is 247 g/mol. The normalized spacial score (nSPS) is 12.2. The molecule has 0 aliphatic carbocycles. The maximum absolute atomic E-state index is 13.5. The number of hydrogen-bond acceptors (Lipinski definition) is 3. The summed E-state index contributed by atoms with van der Waals surface area (Å²) in [6.45, 7) is 11.1. The van der Waals surface area contributed by atoms with Gasteiger partial charge >= 0.3 is 6.16 Å². The van der Waals surface area contributed by atoms with Crippen LogP contribution in [0.4, 0.5) is 9.18 Å². The van der Waals surface area contributed by atoms with Gasteiger partial charge in [0.15, 0.2) is 0 Å². The van der Waals surface area contributed by atoms with Crippen molar-refractivity contribution in [3.8, 4) is 5.75 Å². The van der Waals surface area contributed by atoms with Crippen molar-refractivity contribution in [2.45, 2.75) is 52.6 Å². The molecule has 1 aromatic rings. The highest BCUT2D eigenvalue weighted by Gasteiger charge is 2.20. The maximum Gasteiger partial charge on any atom is 0.514 e. The van der Waals surface area contributed by atoms with Crippen LogP contribution in [-0.2, 0) is 10.2 Å². The van der Waals surface area contributed by atoms with Crippen molar-refractivity contribution in [3.63, 3.8) is 0 Å². The summed E-state index contributed by atoms with van der Waals surface area (Å²) in [6.07, 6.45) is -0.835. The summed E-state index contributed by atoms with van der Waals surface area (Å²) in [5.74, 6) is -0.287. The van der Waals surface area contributed by atoms with Crippen LogP contribution >= 0.6 is 0 Å². The molecule has 4 heteroatoms. The zero-order valence-corrected chi connectivity index (χ0v) is 12.3. The average molecular weight is 268 g/mol. The van der Waals surface area contributed by atoms with E-state index < -0.39 is 17.6 Å². The Hall–Kier alpha value is -1.58. The minimum absolute atomic E-state index is 0.152. The minimum Gasteiger partial charge on any atom is -0.428 e. The van der Waals surface area contributed by atoms with Crippen LogP contribution in [0.15, 0.2) is 18.2 Å². The van der Waals surface area contributed by atoms with Crippen molar-refractivity contribution in [2.75, 3.05) is 0 Å². The van der Waals surface area contributed by atoms with Crippen LogP contribution in [0.5, 0.6) is 5.75 Å². The molecule has 0 aromatic heterocycles. The fourth-order valence-corrected chi connectivity index (χ4v) is 1.42. The fraction of sp³-hybridized carbons (Fsp3) is 0.533. The standard InChI is InChI=1S/C15H21FO3/c1-14(2,3)10-7-11(16)9-12(8-10)18-13(17)19-15(4,5)6/h7-9H,1-6H3. The highest BCUT2D eigenvalue weighted by Crippen LogP contribution is 2.27. The van der Waals surface area contributed by atoms with E-state index in [9.17, 15) is 9.18 Å². The summed E-state index contributed by atoms with van der Waals surface area (Å²) in [5, 5.41) is 0. The third-order valence-electron chi connectivity index (χ3n) is 2.33. The Labute approximate surface area is 113 Å². The number of hydrogen-bond donors (Lipinski definition) is 0. The molecule has 0 fully saturated rings. The molecule has 0 bridgehead atoms. The molecule has 3 nitrogen and oxygen atoms in total. The molecule has 106 valence electrons. The molecular formula is C15H21FO3. The Morgan fingerprint density at radius 1 is 1.05 bits per heavy atom. The molecule has 0 aliphatic rings. The molecule has 0 amide bonds. The average Bonchev–Trinajstić information content (AvgIpc) is 2.11. The molecule has 0 atom stereocenters. The predicted molar refractivity (Wildman–Crippen MR) is 72.0 cm³/mol. The summed E-state index contributed by atoms with van der Waals surface area (Å²) in [4.78, 5) is 11.5. The second kappa shape index (κ2) is 5.19. The Bertz CT molecular complexity index is 467. The Kier molecular flexibility index (Phi) is 4.23. The molecule has 0 unspecified atom stereocenters. The van der Waals surface area contributed by atoms with Crippen LogP contribution in [0.3, 0.4) is 0 Å². The quantitative estimate of drug-likeness (QED) is 0.558. The lowest BCUT2D eigenvalue weighted by Crippen LogP contribution is -2.26. The van der Waals surface area contributed by atoms with Gasteiger partial charge in [-0.3, -0.25) is 0 Å². The third-order valence-corrected chi connectivity index (χ3v) is 2.33. The number of halogens is 1. The Morgan fingerprint density at radius 2 is 1.63 bits per heavy atom. The second-order valence-electron chi connectivity index (χ2n) is 6.49. The van der Waals surface area contributed by atoms with Gasteiger partial charge in [-0.2, -0.15) is 0 Å². The van der Waals surface area contributed by atoms with Gasteiger partial charge in [0.25, 0.3) is 0 Å². The second-order valence-corrected chi connectivity index (χ2v) is 6.49. The number of ether oxygens (including phenoxy) is 2.